The van der Waals surface area contributed by atoms with Gasteiger partial charge in [0.15, 0.2) is 0 Å². The zero-order chi connectivity index (χ0) is 30.9. The minimum atomic E-state index is -4.75. The Bertz CT molecular complexity index is 1500. The van der Waals surface area contributed by atoms with Crippen LogP contribution >= 0.6 is 23.2 Å². The summed E-state index contributed by atoms with van der Waals surface area (Å²) in [6, 6.07) is 14.6. The van der Waals surface area contributed by atoms with Gasteiger partial charge in [0.2, 0.25) is 0 Å². The van der Waals surface area contributed by atoms with Crippen molar-refractivity contribution in [2.75, 3.05) is 13.6 Å². The number of benzene rings is 3. The predicted octanol–water partition coefficient (Wildman–Crippen LogP) is 6.10. The normalized spacial score (nSPS) is 19.0. The molecule has 12 heteroatoms. The third-order valence-electron chi connectivity index (χ3n) is 7.35. The number of aryl methyl sites for hydroxylation is 1. The SMILES string of the molecule is CNCCc1ccc2c(c1)B(O)OC2(C)C.Cc1cc(C2=NOC(c3cc(Cl)cc(Cl)c3)(C(F)(F)F)C2)ccc1C=O. The van der Waals surface area contributed by atoms with Crippen LogP contribution in [-0.2, 0) is 27.1 Å². The second-order valence-corrected chi connectivity index (χ2v) is 11.6. The van der Waals surface area contributed by atoms with Crippen molar-refractivity contribution in [1.82, 2.24) is 5.32 Å². The quantitative estimate of drug-likeness (QED) is 0.257. The second kappa shape index (κ2) is 12.4. The molecule has 2 aliphatic heterocycles. The summed E-state index contributed by atoms with van der Waals surface area (Å²) in [6.07, 6.45) is -3.63. The lowest BCUT2D eigenvalue weighted by atomic mass is 9.77. The van der Waals surface area contributed by atoms with Crippen LogP contribution in [0.5, 0.6) is 0 Å². The molecule has 2 heterocycles. The molecule has 0 spiro atoms. The van der Waals surface area contributed by atoms with Crippen LogP contribution in [0, 0.1) is 6.92 Å². The van der Waals surface area contributed by atoms with Crippen molar-refractivity contribution in [2.45, 2.75) is 51.0 Å². The first kappa shape index (κ1) is 32.0. The third kappa shape index (κ3) is 6.53. The maximum Gasteiger partial charge on any atom is 0.492 e. The van der Waals surface area contributed by atoms with E-state index in [0.717, 1.165) is 24.0 Å². The molecule has 2 aliphatic rings. The molecule has 2 N–H and O–H groups in total. The van der Waals surface area contributed by atoms with Gasteiger partial charge in [0.05, 0.1) is 11.3 Å². The van der Waals surface area contributed by atoms with Crippen molar-refractivity contribution in [3.05, 3.63) is 98.0 Å². The van der Waals surface area contributed by atoms with Crippen LogP contribution in [0.2, 0.25) is 10.0 Å². The minimum Gasteiger partial charge on any atom is -0.423 e. The van der Waals surface area contributed by atoms with Crippen LogP contribution in [0.25, 0.3) is 0 Å². The highest BCUT2D eigenvalue weighted by Crippen LogP contribution is 2.49. The van der Waals surface area contributed by atoms with Crippen molar-refractivity contribution < 1.29 is 32.5 Å². The standard InChI is InChI=1S/C18H12Cl2F3NO2.C12H18BNO2/c1-10-4-11(2-3-12(10)9-25)16-8-17(26-24-16,18(21,22)23)13-5-14(19)7-15(20)6-13;1-12(2)10-5-4-9(6-7-14-3)8-11(10)13(15)16-12/h2-7,9H,8H2,1H3;4-5,8,14-15H,6-7H2,1-3H3. The highest BCUT2D eigenvalue weighted by Gasteiger charge is 2.62. The number of oxime groups is 1. The van der Waals surface area contributed by atoms with Crippen molar-refractivity contribution in [3.8, 4) is 0 Å². The van der Waals surface area contributed by atoms with Crippen LogP contribution < -0.4 is 10.8 Å². The molecule has 0 aromatic heterocycles. The topological polar surface area (TPSA) is 80.2 Å². The van der Waals surface area contributed by atoms with Gasteiger partial charge in [0.25, 0.3) is 5.60 Å². The van der Waals surface area contributed by atoms with Crippen molar-refractivity contribution in [1.29, 1.82) is 0 Å². The summed E-state index contributed by atoms with van der Waals surface area (Å²) in [5, 5.41) is 16.8. The van der Waals surface area contributed by atoms with E-state index in [4.69, 9.17) is 32.7 Å². The van der Waals surface area contributed by atoms with E-state index in [1.54, 1.807) is 13.0 Å². The number of hydrogen-bond donors (Lipinski definition) is 2. The molecule has 1 atom stereocenters. The van der Waals surface area contributed by atoms with E-state index >= 15 is 0 Å². The number of rotatable bonds is 6. The fraction of sp³-hybridized carbons (Fsp3) is 0.333. The van der Waals surface area contributed by atoms with Gasteiger partial charge in [-0.2, -0.15) is 13.2 Å². The molecule has 0 saturated heterocycles. The Labute approximate surface area is 252 Å². The molecule has 1 unspecified atom stereocenters. The molecular weight excluding hydrogens is 591 g/mol. The van der Waals surface area contributed by atoms with E-state index in [-0.39, 0.29) is 26.9 Å². The molecule has 0 bridgehead atoms. The molecule has 0 amide bonds. The average molecular weight is 621 g/mol. The highest BCUT2D eigenvalue weighted by atomic mass is 35.5. The summed E-state index contributed by atoms with van der Waals surface area (Å²) < 4.78 is 47.3. The molecule has 6 nitrogen and oxygen atoms in total. The van der Waals surface area contributed by atoms with E-state index in [0.29, 0.717) is 23.0 Å². The molecule has 0 radical (unpaired) electrons. The third-order valence-corrected chi connectivity index (χ3v) is 7.78. The van der Waals surface area contributed by atoms with E-state index < -0.39 is 25.3 Å². The smallest absolute Gasteiger partial charge is 0.423 e. The number of hydrogen-bond acceptors (Lipinski definition) is 6. The van der Waals surface area contributed by atoms with E-state index in [1.807, 2.05) is 27.0 Å². The summed E-state index contributed by atoms with van der Waals surface area (Å²) in [5.74, 6) is 0. The maximum absolute atomic E-state index is 13.9. The molecule has 42 heavy (non-hydrogen) atoms. The molecule has 5 rings (SSSR count). The van der Waals surface area contributed by atoms with Gasteiger partial charge in [-0.1, -0.05) is 58.7 Å². The fourth-order valence-electron chi connectivity index (χ4n) is 5.03. The molecule has 0 saturated carbocycles. The van der Waals surface area contributed by atoms with Gasteiger partial charge >= 0.3 is 13.3 Å². The van der Waals surface area contributed by atoms with Crippen LogP contribution in [0.15, 0.2) is 59.8 Å². The first-order valence-corrected chi connectivity index (χ1v) is 13.9. The van der Waals surface area contributed by atoms with Crippen LogP contribution in [-0.4, -0.2) is 43.9 Å². The first-order chi connectivity index (χ1) is 19.7. The Morgan fingerprint density at radius 3 is 2.38 bits per heavy atom. The molecular formula is C30H30BCl2F3N2O4. The van der Waals surface area contributed by atoms with Gasteiger partial charge in [-0.15, -0.1) is 0 Å². The zero-order valence-corrected chi connectivity index (χ0v) is 25.0. The average Bonchev–Trinajstić information content (AvgIpc) is 3.47. The van der Waals surface area contributed by atoms with Crippen molar-refractivity contribution >= 4 is 47.8 Å². The maximum atomic E-state index is 13.9. The van der Waals surface area contributed by atoms with Gasteiger partial charge in [-0.05, 0) is 92.8 Å². The fourth-order valence-corrected chi connectivity index (χ4v) is 5.55. The van der Waals surface area contributed by atoms with Gasteiger partial charge in [0.1, 0.15) is 6.29 Å². The number of alkyl halides is 3. The summed E-state index contributed by atoms with van der Waals surface area (Å²) >= 11 is 11.7. The van der Waals surface area contributed by atoms with Gasteiger partial charge in [0, 0.05) is 27.6 Å². The lowest BCUT2D eigenvalue weighted by Gasteiger charge is -2.29. The van der Waals surface area contributed by atoms with Crippen LogP contribution in [0.3, 0.4) is 0 Å². The monoisotopic (exact) mass is 620 g/mol. The molecule has 0 aliphatic carbocycles. The second-order valence-electron chi connectivity index (χ2n) is 10.7. The zero-order valence-electron chi connectivity index (χ0n) is 23.5. The molecule has 3 aromatic rings. The first-order valence-electron chi connectivity index (χ1n) is 13.2. The summed E-state index contributed by atoms with van der Waals surface area (Å²) in [7, 11) is 1.16. The number of aldehydes is 1. The number of halogens is 5. The Kier molecular flexibility index (Phi) is 9.45. The highest BCUT2D eigenvalue weighted by molar-refractivity contribution is 6.62. The summed E-state index contributed by atoms with van der Waals surface area (Å²) in [4.78, 5) is 15.9. The van der Waals surface area contributed by atoms with Crippen molar-refractivity contribution in [2.24, 2.45) is 5.16 Å². The van der Waals surface area contributed by atoms with E-state index in [1.165, 1.54) is 35.9 Å². The van der Waals surface area contributed by atoms with Gasteiger partial charge in [-0.25, -0.2) is 0 Å². The lowest BCUT2D eigenvalue weighted by Crippen LogP contribution is -2.42. The molecule has 222 valence electrons. The number of likely N-dealkylation sites (N-methyl/N-ethyl adjacent to an activating group) is 1. The molecule has 3 aromatic carbocycles. The van der Waals surface area contributed by atoms with E-state index in [2.05, 4.69) is 22.6 Å². The number of nitrogens with one attached hydrogen (secondary N) is 1. The number of carbonyl (C=O) groups excluding carboxylic acids is 1. The number of carbonyl (C=O) groups is 1. The Morgan fingerprint density at radius 2 is 1.79 bits per heavy atom. The van der Waals surface area contributed by atoms with Gasteiger partial charge in [-0.3, -0.25) is 4.79 Å². The van der Waals surface area contributed by atoms with Gasteiger partial charge < -0.3 is 19.8 Å². The Hall–Kier alpha value is -2.89. The number of fused-ring (bicyclic) bond motifs is 1. The summed E-state index contributed by atoms with van der Waals surface area (Å²) in [6.45, 7) is 6.60. The predicted molar refractivity (Wildman–Crippen MR) is 159 cm³/mol. The Balaban J connectivity index is 0.000000216. The van der Waals surface area contributed by atoms with E-state index in [9.17, 15) is 23.0 Å². The van der Waals surface area contributed by atoms with Crippen molar-refractivity contribution in [3.63, 3.8) is 0 Å². The largest absolute Gasteiger partial charge is 0.492 e. The Morgan fingerprint density at radius 1 is 1.10 bits per heavy atom. The molecule has 0 fully saturated rings. The van der Waals surface area contributed by atoms with Crippen LogP contribution in [0.1, 0.15) is 58.4 Å². The lowest BCUT2D eigenvalue weighted by molar-refractivity contribution is -0.275. The minimum absolute atomic E-state index is 0.0688. The number of nitrogens with zero attached hydrogens (tertiary/aromatic N) is 1. The summed E-state index contributed by atoms with van der Waals surface area (Å²) in [5.41, 5.74) is 1.63. The van der Waals surface area contributed by atoms with Crippen LogP contribution in [0.4, 0.5) is 13.2 Å².